The van der Waals surface area contributed by atoms with E-state index >= 15 is 0 Å². The van der Waals surface area contributed by atoms with E-state index in [-0.39, 0.29) is 24.2 Å². The minimum Gasteiger partial charge on any atom is -0.481 e. The van der Waals surface area contributed by atoms with Crippen molar-refractivity contribution in [2.45, 2.75) is 51.9 Å². The Balaban J connectivity index is 1.71. The van der Waals surface area contributed by atoms with E-state index in [9.17, 15) is 14.4 Å². The molecule has 1 unspecified atom stereocenters. The highest BCUT2D eigenvalue weighted by atomic mass is 16.4. The molecule has 1 aromatic rings. The van der Waals surface area contributed by atoms with Gasteiger partial charge in [-0.25, -0.2) is 0 Å². The van der Waals surface area contributed by atoms with Gasteiger partial charge in [0.1, 0.15) is 0 Å². The zero-order valence-electron chi connectivity index (χ0n) is 16.1. The number of hydrogen-bond acceptors (Lipinski definition) is 3. The molecule has 1 atom stereocenters. The highest BCUT2D eigenvalue weighted by molar-refractivity contribution is 5.94. The predicted molar refractivity (Wildman–Crippen MR) is 104 cm³/mol. The van der Waals surface area contributed by atoms with E-state index in [0.29, 0.717) is 31.6 Å². The summed E-state index contributed by atoms with van der Waals surface area (Å²) in [5.41, 5.74) is 1.79. The van der Waals surface area contributed by atoms with Crippen LogP contribution < -0.4 is 5.32 Å². The van der Waals surface area contributed by atoms with Crippen molar-refractivity contribution in [3.63, 3.8) is 0 Å². The molecule has 1 aliphatic heterocycles. The Kier molecular flexibility index (Phi) is 8.30. The second-order valence-electron chi connectivity index (χ2n) is 7.31. The molecular weight excluding hydrogens is 344 g/mol. The summed E-state index contributed by atoms with van der Waals surface area (Å²) in [7, 11) is 0. The van der Waals surface area contributed by atoms with Gasteiger partial charge in [-0.15, -0.1) is 0 Å². The third kappa shape index (κ3) is 7.04. The van der Waals surface area contributed by atoms with Crippen LogP contribution in [0.4, 0.5) is 0 Å². The van der Waals surface area contributed by atoms with Crippen LogP contribution >= 0.6 is 0 Å². The number of aliphatic carboxylic acids is 1. The topological polar surface area (TPSA) is 86.7 Å². The summed E-state index contributed by atoms with van der Waals surface area (Å²) < 4.78 is 0. The molecule has 2 N–H and O–H groups in total. The lowest BCUT2D eigenvalue weighted by atomic mass is 9.96. The van der Waals surface area contributed by atoms with Gasteiger partial charge in [-0.3, -0.25) is 14.4 Å². The first kappa shape index (κ1) is 20.9. The average Bonchev–Trinajstić information content (AvgIpc) is 2.67. The average molecular weight is 374 g/mol. The minimum absolute atomic E-state index is 0.00840. The summed E-state index contributed by atoms with van der Waals surface area (Å²) >= 11 is 0. The van der Waals surface area contributed by atoms with Gasteiger partial charge in [-0.1, -0.05) is 30.5 Å². The van der Waals surface area contributed by atoms with E-state index in [1.807, 2.05) is 31.2 Å². The second kappa shape index (κ2) is 10.7. The summed E-state index contributed by atoms with van der Waals surface area (Å²) in [6.07, 6.45) is 5.17. The van der Waals surface area contributed by atoms with E-state index in [4.69, 9.17) is 5.11 Å². The molecular formula is C21H30N2O4. The number of rotatable bonds is 9. The van der Waals surface area contributed by atoms with Gasteiger partial charge in [0, 0.05) is 31.6 Å². The van der Waals surface area contributed by atoms with Gasteiger partial charge in [-0.2, -0.15) is 0 Å². The highest BCUT2D eigenvalue weighted by Crippen LogP contribution is 2.19. The van der Waals surface area contributed by atoms with Crippen molar-refractivity contribution < 1.29 is 19.5 Å². The summed E-state index contributed by atoms with van der Waals surface area (Å²) in [5.74, 6) is -0.904. The maximum atomic E-state index is 12.6. The molecule has 0 bridgehead atoms. The Bertz CT molecular complexity index is 642. The normalized spacial score (nSPS) is 16.8. The van der Waals surface area contributed by atoms with Crippen molar-refractivity contribution in [3.8, 4) is 0 Å². The summed E-state index contributed by atoms with van der Waals surface area (Å²) in [6, 6.07) is 7.53. The van der Waals surface area contributed by atoms with E-state index in [0.717, 1.165) is 37.7 Å². The van der Waals surface area contributed by atoms with E-state index in [1.165, 1.54) is 0 Å². The molecule has 0 spiro atoms. The van der Waals surface area contributed by atoms with Gasteiger partial charge in [0.05, 0.1) is 5.92 Å². The first-order chi connectivity index (χ1) is 13.0. The van der Waals surface area contributed by atoms with Gasteiger partial charge in [0.25, 0.3) is 5.91 Å². The van der Waals surface area contributed by atoms with Crippen LogP contribution in [0.1, 0.15) is 60.9 Å². The number of amides is 2. The van der Waals surface area contributed by atoms with Crippen LogP contribution in [0.2, 0.25) is 0 Å². The number of carbonyl (C=O) groups is 3. The molecule has 0 radical (unpaired) electrons. The first-order valence-corrected chi connectivity index (χ1v) is 9.83. The molecule has 6 heteroatoms. The lowest BCUT2D eigenvalue weighted by Crippen LogP contribution is -2.45. The van der Waals surface area contributed by atoms with Gasteiger partial charge >= 0.3 is 5.97 Å². The number of carboxylic acid groups (broad SMARTS) is 1. The molecule has 1 heterocycles. The predicted octanol–water partition coefficient (Wildman–Crippen LogP) is 3.00. The maximum Gasteiger partial charge on any atom is 0.303 e. The van der Waals surface area contributed by atoms with Crippen molar-refractivity contribution in [1.82, 2.24) is 10.2 Å². The molecule has 1 aromatic carbocycles. The van der Waals surface area contributed by atoms with Crippen LogP contribution in [0.15, 0.2) is 24.3 Å². The molecule has 1 aliphatic rings. The second-order valence-corrected chi connectivity index (χ2v) is 7.31. The number of aryl methyl sites for hydroxylation is 1. The summed E-state index contributed by atoms with van der Waals surface area (Å²) in [6.45, 7) is 3.76. The Morgan fingerprint density at radius 2 is 1.81 bits per heavy atom. The Hall–Kier alpha value is -2.37. The Morgan fingerprint density at radius 1 is 1.11 bits per heavy atom. The van der Waals surface area contributed by atoms with Gasteiger partial charge in [0.15, 0.2) is 0 Å². The first-order valence-electron chi connectivity index (χ1n) is 9.83. The molecule has 1 fully saturated rings. The Morgan fingerprint density at radius 3 is 2.52 bits per heavy atom. The fourth-order valence-electron chi connectivity index (χ4n) is 3.37. The zero-order valence-corrected chi connectivity index (χ0v) is 16.1. The molecule has 0 aliphatic carbocycles. The van der Waals surface area contributed by atoms with Gasteiger partial charge in [-0.05, 0) is 44.7 Å². The number of likely N-dealkylation sites (tertiary alicyclic amines) is 1. The number of hydrogen-bond donors (Lipinski definition) is 2. The summed E-state index contributed by atoms with van der Waals surface area (Å²) in [4.78, 5) is 37.3. The van der Waals surface area contributed by atoms with Crippen molar-refractivity contribution in [2.75, 3.05) is 19.6 Å². The van der Waals surface area contributed by atoms with E-state index < -0.39 is 5.97 Å². The van der Waals surface area contributed by atoms with E-state index in [1.54, 1.807) is 4.90 Å². The van der Waals surface area contributed by atoms with Crippen LogP contribution in [0.5, 0.6) is 0 Å². The molecule has 1 saturated heterocycles. The molecule has 0 aromatic heterocycles. The number of nitrogens with zero attached hydrogens (tertiary/aromatic N) is 1. The number of benzene rings is 1. The number of piperidine rings is 1. The summed E-state index contributed by atoms with van der Waals surface area (Å²) in [5, 5.41) is 11.6. The fourth-order valence-corrected chi connectivity index (χ4v) is 3.37. The molecule has 0 saturated carbocycles. The van der Waals surface area contributed by atoms with E-state index in [2.05, 4.69) is 5.32 Å². The van der Waals surface area contributed by atoms with Crippen LogP contribution in [-0.2, 0) is 9.59 Å². The quantitative estimate of drug-likeness (QED) is 0.651. The van der Waals surface area contributed by atoms with Crippen LogP contribution in [0.25, 0.3) is 0 Å². The van der Waals surface area contributed by atoms with Crippen LogP contribution in [-0.4, -0.2) is 47.4 Å². The molecule has 6 nitrogen and oxygen atoms in total. The molecule has 2 rings (SSSR count). The van der Waals surface area contributed by atoms with Crippen LogP contribution in [0, 0.1) is 12.8 Å². The van der Waals surface area contributed by atoms with Crippen molar-refractivity contribution in [3.05, 3.63) is 35.4 Å². The van der Waals surface area contributed by atoms with Crippen molar-refractivity contribution >= 4 is 17.8 Å². The lowest BCUT2D eigenvalue weighted by molar-refractivity contribution is -0.137. The molecule has 2 amide bonds. The highest BCUT2D eigenvalue weighted by Gasteiger charge is 2.28. The Labute approximate surface area is 160 Å². The van der Waals surface area contributed by atoms with Crippen LogP contribution in [0.3, 0.4) is 0 Å². The molecule has 148 valence electrons. The fraction of sp³-hybridized carbons (Fsp3) is 0.571. The zero-order chi connectivity index (χ0) is 19.6. The number of carbonyl (C=O) groups excluding carboxylic acids is 2. The third-order valence-corrected chi connectivity index (χ3v) is 4.99. The monoisotopic (exact) mass is 374 g/mol. The number of carboxylic acids is 1. The van der Waals surface area contributed by atoms with Crippen molar-refractivity contribution in [1.29, 1.82) is 0 Å². The maximum absolute atomic E-state index is 12.6. The smallest absolute Gasteiger partial charge is 0.303 e. The minimum atomic E-state index is -0.759. The number of nitrogens with one attached hydrogen (secondary N) is 1. The van der Waals surface area contributed by atoms with Crippen molar-refractivity contribution in [2.24, 2.45) is 5.92 Å². The molecule has 27 heavy (non-hydrogen) atoms. The van der Waals surface area contributed by atoms with Gasteiger partial charge in [0.2, 0.25) is 5.91 Å². The third-order valence-electron chi connectivity index (χ3n) is 4.99. The largest absolute Gasteiger partial charge is 0.481 e. The lowest BCUT2D eigenvalue weighted by Gasteiger charge is -2.32. The standard InChI is InChI=1S/C21H30N2O4/c1-16-9-11-17(12-10-16)21(27)23-14-6-7-18(15-23)20(26)22-13-5-3-2-4-8-19(24)25/h9-12,18H,2-8,13-15H2,1H3,(H,22,26)(H,24,25). The number of unbranched alkanes of at least 4 members (excludes halogenated alkanes) is 3. The van der Waals surface area contributed by atoms with Gasteiger partial charge < -0.3 is 15.3 Å². The SMILES string of the molecule is Cc1ccc(C(=O)N2CCCC(C(=O)NCCCCCCC(=O)O)C2)cc1.